The Morgan fingerprint density at radius 1 is 1.22 bits per heavy atom. The highest BCUT2D eigenvalue weighted by molar-refractivity contribution is 6.31. The van der Waals surface area contributed by atoms with Gasteiger partial charge in [0.25, 0.3) is 0 Å². The third kappa shape index (κ3) is 5.11. The maximum atomic E-state index is 13.6. The van der Waals surface area contributed by atoms with Crippen molar-refractivity contribution in [1.29, 1.82) is 0 Å². The fourth-order valence-electron chi connectivity index (χ4n) is 1.86. The number of carbonyl (C=O) groups excluding carboxylic acids is 1. The molecule has 3 nitrogen and oxygen atoms in total. The molecule has 0 saturated carbocycles. The van der Waals surface area contributed by atoms with Crippen LogP contribution in [0.2, 0.25) is 5.02 Å². The second-order valence-corrected chi connectivity index (χ2v) is 5.05. The summed E-state index contributed by atoms with van der Waals surface area (Å²) in [5.41, 5.74) is 1.15. The van der Waals surface area contributed by atoms with Gasteiger partial charge in [0, 0.05) is 11.6 Å². The summed E-state index contributed by atoms with van der Waals surface area (Å²) in [7, 11) is 0. The van der Waals surface area contributed by atoms with E-state index in [-0.39, 0.29) is 12.6 Å². The summed E-state index contributed by atoms with van der Waals surface area (Å²) >= 11 is 5.94. The Morgan fingerprint density at radius 3 is 2.61 bits per heavy atom. The van der Waals surface area contributed by atoms with E-state index in [2.05, 4.69) is 0 Å². The van der Waals surface area contributed by atoms with Crippen molar-refractivity contribution in [1.82, 2.24) is 0 Å². The van der Waals surface area contributed by atoms with Gasteiger partial charge in [-0.1, -0.05) is 29.8 Å². The molecular formula is C18H16ClFO3. The minimum absolute atomic E-state index is 0.0452. The van der Waals surface area contributed by atoms with Crippen molar-refractivity contribution in [2.24, 2.45) is 0 Å². The first-order valence-corrected chi connectivity index (χ1v) is 7.48. The molecule has 0 radical (unpaired) electrons. The highest BCUT2D eigenvalue weighted by atomic mass is 35.5. The van der Waals surface area contributed by atoms with E-state index in [0.29, 0.717) is 22.9 Å². The smallest absolute Gasteiger partial charge is 0.330 e. The van der Waals surface area contributed by atoms with Crippen LogP contribution < -0.4 is 4.74 Å². The van der Waals surface area contributed by atoms with Crippen molar-refractivity contribution in [3.8, 4) is 5.75 Å². The lowest BCUT2D eigenvalue weighted by molar-refractivity contribution is -0.137. The predicted molar refractivity (Wildman–Crippen MR) is 87.9 cm³/mol. The summed E-state index contributed by atoms with van der Waals surface area (Å²) in [6, 6.07) is 11.5. The van der Waals surface area contributed by atoms with Crippen molar-refractivity contribution >= 4 is 23.6 Å². The molecule has 0 spiro atoms. The maximum absolute atomic E-state index is 13.6. The fourth-order valence-corrected chi connectivity index (χ4v) is 2.07. The Labute approximate surface area is 139 Å². The molecule has 23 heavy (non-hydrogen) atoms. The quantitative estimate of drug-likeness (QED) is 0.570. The Kier molecular flexibility index (Phi) is 6.18. The summed E-state index contributed by atoms with van der Waals surface area (Å²) in [4.78, 5) is 11.2. The average Bonchev–Trinajstić information content (AvgIpc) is 2.54. The van der Waals surface area contributed by atoms with Crippen LogP contribution in [-0.2, 0) is 16.1 Å². The van der Waals surface area contributed by atoms with Crippen molar-refractivity contribution in [3.63, 3.8) is 0 Å². The number of benzene rings is 2. The Bertz CT molecular complexity index is 676. The first-order valence-electron chi connectivity index (χ1n) is 7.10. The van der Waals surface area contributed by atoms with Crippen LogP contribution in [0.15, 0.2) is 48.5 Å². The first kappa shape index (κ1) is 17.0. The van der Waals surface area contributed by atoms with Gasteiger partial charge in [-0.2, -0.15) is 0 Å². The van der Waals surface area contributed by atoms with Gasteiger partial charge in [-0.05, 0) is 42.8 Å². The first-order chi connectivity index (χ1) is 11.1. The number of hydrogen-bond donors (Lipinski definition) is 0. The number of rotatable bonds is 6. The molecule has 0 aliphatic heterocycles. The molecule has 0 fully saturated rings. The van der Waals surface area contributed by atoms with Crippen LogP contribution in [0.1, 0.15) is 18.1 Å². The van der Waals surface area contributed by atoms with E-state index in [1.807, 2.05) is 0 Å². The summed E-state index contributed by atoms with van der Waals surface area (Å²) in [6.45, 7) is 2.14. The summed E-state index contributed by atoms with van der Waals surface area (Å²) < 4.78 is 24.0. The molecule has 2 aromatic carbocycles. The molecular weight excluding hydrogens is 319 g/mol. The zero-order valence-electron chi connectivity index (χ0n) is 12.6. The standard InChI is InChI=1S/C18H16ClFO3/c1-2-22-18(21)11-8-13-6-9-14(10-7-13)23-12-15-16(19)4-3-5-17(15)20/h3-11H,2,12H2,1H3/b11-8+. The minimum Gasteiger partial charge on any atom is -0.489 e. The van der Waals surface area contributed by atoms with Gasteiger partial charge in [0.15, 0.2) is 0 Å². The molecule has 0 bridgehead atoms. The topological polar surface area (TPSA) is 35.5 Å². The van der Waals surface area contributed by atoms with Gasteiger partial charge in [-0.25, -0.2) is 9.18 Å². The van der Waals surface area contributed by atoms with Crippen molar-refractivity contribution < 1.29 is 18.7 Å². The SMILES string of the molecule is CCOC(=O)/C=C/c1ccc(OCc2c(F)cccc2Cl)cc1. The van der Waals surface area contributed by atoms with Gasteiger partial charge in [-0.15, -0.1) is 0 Å². The maximum Gasteiger partial charge on any atom is 0.330 e. The normalized spacial score (nSPS) is 10.7. The molecule has 2 aromatic rings. The highest BCUT2D eigenvalue weighted by Gasteiger charge is 2.07. The number of hydrogen-bond acceptors (Lipinski definition) is 3. The molecule has 0 N–H and O–H groups in total. The molecule has 0 aromatic heterocycles. The van der Waals surface area contributed by atoms with Gasteiger partial charge in [0.1, 0.15) is 18.2 Å². The predicted octanol–water partition coefficient (Wildman–Crippen LogP) is 4.63. The van der Waals surface area contributed by atoms with Crippen LogP contribution in [0.4, 0.5) is 4.39 Å². The molecule has 0 aliphatic rings. The molecule has 0 atom stereocenters. The van der Waals surface area contributed by atoms with Gasteiger partial charge < -0.3 is 9.47 Å². The zero-order valence-corrected chi connectivity index (χ0v) is 13.3. The van der Waals surface area contributed by atoms with E-state index in [1.54, 1.807) is 49.4 Å². The number of carbonyl (C=O) groups is 1. The average molecular weight is 335 g/mol. The van der Waals surface area contributed by atoms with Gasteiger partial charge >= 0.3 is 5.97 Å². The van der Waals surface area contributed by atoms with E-state index >= 15 is 0 Å². The monoisotopic (exact) mass is 334 g/mol. The van der Waals surface area contributed by atoms with Crippen molar-refractivity contribution in [2.75, 3.05) is 6.61 Å². The van der Waals surface area contributed by atoms with Crippen molar-refractivity contribution in [2.45, 2.75) is 13.5 Å². The molecule has 0 saturated heterocycles. The molecule has 0 amide bonds. The minimum atomic E-state index is -0.397. The molecule has 120 valence electrons. The molecule has 5 heteroatoms. The second kappa shape index (κ2) is 8.34. The van der Waals surface area contributed by atoms with Crippen LogP contribution in [-0.4, -0.2) is 12.6 Å². The van der Waals surface area contributed by atoms with Crippen LogP contribution in [0.5, 0.6) is 5.75 Å². The van der Waals surface area contributed by atoms with Gasteiger partial charge in [0.2, 0.25) is 0 Å². The van der Waals surface area contributed by atoms with Crippen LogP contribution >= 0.6 is 11.6 Å². The molecule has 0 unspecified atom stereocenters. The Morgan fingerprint density at radius 2 is 1.96 bits per heavy atom. The zero-order chi connectivity index (χ0) is 16.7. The molecule has 2 rings (SSSR count). The van der Waals surface area contributed by atoms with E-state index in [0.717, 1.165) is 5.56 Å². The summed E-state index contributed by atoms with van der Waals surface area (Å²) in [6.07, 6.45) is 3.01. The van der Waals surface area contributed by atoms with E-state index in [9.17, 15) is 9.18 Å². The van der Waals surface area contributed by atoms with Gasteiger partial charge in [0.05, 0.1) is 11.6 Å². The Balaban J connectivity index is 1.96. The Hall–Kier alpha value is -2.33. The summed E-state index contributed by atoms with van der Waals surface area (Å²) in [5.74, 6) is -0.203. The largest absolute Gasteiger partial charge is 0.489 e. The third-order valence-corrected chi connectivity index (χ3v) is 3.38. The number of ether oxygens (including phenoxy) is 2. The lowest BCUT2D eigenvalue weighted by Gasteiger charge is -2.09. The van der Waals surface area contributed by atoms with Gasteiger partial charge in [-0.3, -0.25) is 0 Å². The number of esters is 1. The molecule has 0 aliphatic carbocycles. The van der Waals surface area contributed by atoms with Crippen LogP contribution in [0.25, 0.3) is 6.08 Å². The van der Waals surface area contributed by atoms with E-state index in [1.165, 1.54) is 12.1 Å². The number of halogens is 2. The fraction of sp³-hybridized carbons (Fsp3) is 0.167. The lowest BCUT2D eigenvalue weighted by atomic mass is 10.2. The van der Waals surface area contributed by atoms with Crippen molar-refractivity contribution in [3.05, 3.63) is 70.5 Å². The van der Waals surface area contributed by atoms with Crippen LogP contribution in [0, 0.1) is 5.82 Å². The van der Waals surface area contributed by atoms with E-state index < -0.39 is 5.82 Å². The second-order valence-electron chi connectivity index (χ2n) is 4.64. The summed E-state index contributed by atoms with van der Waals surface area (Å²) in [5, 5.41) is 0.332. The highest BCUT2D eigenvalue weighted by Crippen LogP contribution is 2.21. The third-order valence-electron chi connectivity index (χ3n) is 3.02. The van der Waals surface area contributed by atoms with E-state index in [4.69, 9.17) is 21.1 Å². The van der Waals surface area contributed by atoms with Crippen LogP contribution in [0.3, 0.4) is 0 Å². The lowest BCUT2D eigenvalue weighted by Crippen LogP contribution is -1.99. The molecule has 0 heterocycles.